The van der Waals surface area contributed by atoms with Gasteiger partial charge in [-0.05, 0) is 36.8 Å². The van der Waals surface area contributed by atoms with Gasteiger partial charge in [-0.3, -0.25) is 4.79 Å². The molecular weight excluding hydrogens is 328 g/mol. The maximum Gasteiger partial charge on any atom is 0.231 e. The fraction of sp³-hybridized carbons (Fsp3) is 0.136. The topological polar surface area (TPSA) is 44.8 Å². The third kappa shape index (κ3) is 3.86. The second-order valence-corrected chi connectivity index (χ2v) is 5.97. The first-order valence-electron chi connectivity index (χ1n) is 8.23. The molecule has 0 bridgehead atoms. The minimum atomic E-state index is -0.142. The molecule has 0 radical (unpaired) electrons. The lowest BCUT2D eigenvalue weighted by molar-refractivity contribution is 0.101. The molecule has 2 aromatic carbocycles. The van der Waals surface area contributed by atoms with E-state index in [0.717, 1.165) is 16.9 Å². The summed E-state index contributed by atoms with van der Waals surface area (Å²) in [5, 5.41) is 0. The SMILES string of the molecule is C=C(C)COc1ccc2c(c1)O/C(=C/C=C/c1ccccc1OC)C2=O. The van der Waals surface area contributed by atoms with Gasteiger partial charge in [-0.25, -0.2) is 0 Å². The van der Waals surface area contributed by atoms with E-state index in [1.165, 1.54) is 0 Å². The Hall–Kier alpha value is -3.27. The average Bonchev–Trinajstić information content (AvgIpc) is 2.96. The van der Waals surface area contributed by atoms with Crippen molar-refractivity contribution in [2.24, 2.45) is 0 Å². The van der Waals surface area contributed by atoms with E-state index >= 15 is 0 Å². The summed E-state index contributed by atoms with van der Waals surface area (Å²) < 4.78 is 16.6. The molecule has 0 saturated carbocycles. The van der Waals surface area contributed by atoms with Crippen LogP contribution in [0.15, 0.2) is 72.5 Å². The fourth-order valence-corrected chi connectivity index (χ4v) is 2.52. The van der Waals surface area contributed by atoms with Crippen molar-refractivity contribution in [1.29, 1.82) is 0 Å². The molecule has 1 aliphatic rings. The number of ether oxygens (including phenoxy) is 3. The lowest BCUT2D eigenvalue weighted by Crippen LogP contribution is -1.98. The van der Waals surface area contributed by atoms with Crippen LogP contribution < -0.4 is 14.2 Å². The van der Waals surface area contributed by atoms with Gasteiger partial charge in [0.25, 0.3) is 0 Å². The van der Waals surface area contributed by atoms with E-state index in [2.05, 4.69) is 6.58 Å². The van der Waals surface area contributed by atoms with Crippen LogP contribution in [0, 0.1) is 0 Å². The molecule has 4 nitrogen and oxygen atoms in total. The van der Waals surface area contributed by atoms with Crippen LogP contribution in [0.25, 0.3) is 6.08 Å². The molecule has 0 N–H and O–H groups in total. The van der Waals surface area contributed by atoms with Crippen molar-refractivity contribution in [1.82, 2.24) is 0 Å². The molecule has 0 aliphatic carbocycles. The second kappa shape index (κ2) is 7.74. The Kier molecular flexibility index (Phi) is 5.23. The quantitative estimate of drug-likeness (QED) is 0.554. The van der Waals surface area contributed by atoms with Gasteiger partial charge in [-0.15, -0.1) is 0 Å². The predicted octanol–water partition coefficient (Wildman–Crippen LogP) is 4.82. The van der Waals surface area contributed by atoms with Gasteiger partial charge in [-0.1, -0.05) is 36.9 Å². The van der Waals surface area contributed by atoms with Gasteiger partial charge in [0, 0.05) is 11.6 Å². The summed E-state index contributed by atoms with van der Waals surface area (Å²) in [5.41, 5.74) is 2.37. The normalized spacial score (nSPS) is 14.4. The van der Waals surface area contributed by atoms with Crippen LogP contribution in [-0.2, 0) is 0 Å². The molecule has 0 saturated heterocycles. The van der Waals surface area contributed by atoms with Crippen molar-refractivity contribution in [2.75, 3.05) is 13.7 Å². The lowest BCUT2D eigenvalue weighted by atomic mass is 10.1. The van der Waals surface area contributed by atoms with E-state index in [1.807, 2.05) is 37.3 Å². The molecule has 1 aliphatic heterocycles. The van der Waals surface area contributed by atoms with Crippen molar-refractivity contribution >= 4 is 11.9 Å². The van der Waals surface area contributed by atoms with E-state index in [-0.39, 0.29) is 11.5 Å². The zero-order valence-corrected chi connectivity index (χ0v) is 14.8. The van der Waals surface area contributed by atoms with Crippen molar-refractivity contribution < 1.29 is 19.0 Å². The molecule has 1 heterocycles. The van der Waals surface area contributed by atoms with E-state index in [9.17, 15) is 4.79 Å². The Bertz CT molecular complexity index is 906. The van der Waals surface area contributed by atoms with Gasteiger partial charge in [-0.2, -0.15) is 0 Å². The molecular formula is C22H20O4. The molecule has 0 fully saturated rings. The first-order valence-corrected chi connectivity index (χ1v) is 8.23. The minimum absolute atomic E-state index is 0.142. The van der Waals surface area contributed by atoms with E-state index in [1.54, 1.807) is 37.5 Å². The van der Waals surface area contributed by atoms with Crippen LogP contribution in [0.4, 0.5) is 0 Å². The fourth-order valence-electron chi connectivity index (χ4n) is 2.52. The zero-order valence-electron chi connectivity index (χ0n) is 14.8. The van der Waals surface area contributed by atoms with E-state index in [0.29, 0.717) is 23.7 Å². The number of carbonyl (C=O) groups is 1. The molecule has 0 amide bonds. The lowest BCUT2D eigenvalue weighted by Gasteiger charge is -2.06. The third-order valence-electron chi connectivity index (χ3n) is 3.79. The maximum atomic E-state index is 12.4. The summed E-state index contributed by atoms with van der Waals surface area (Å²) in [6.07, 6.45) is 5.30. The second-order valence-electron chi connectivity index (χ2n) is 5.97. The standard InChI is InChI=1S/C22H20O4/c1-15(2)14-25-17-11-12-18-21(13-17)26-20(22(18)23)10-6-8-16-7-4-5-9-19(16)24-3/h4-13H,1,14H2,2-3H3/b8-6+,20-10+. The minimum Gasteiger partial charge on any atom is -0.496 e. The number of ketones is 1. The molecule has 0 unspecified atom stereocenters. The van der Waals surface area contributed by atoms with Gasteiger partial charge >= 0.3 is 0 Å². The van der Waals surface area contributed by atoms with Crippen LogP contribution in [0.5, 0.6) is 17.2 Å². The predicted molar refractivity (Wildman–Crippen MR) is 102 cm³/mol. The largest absolute Gasteiger partial charge is 0.496 e. The van der Waals surface area contributed by atoms with Crippen molar-refractivity contribution in [3.63, 3.8) is 0 Å². The van der Waals surface area contributed by atoms with E-state index < -0.39 is 0 Å². The summed E-state index contributed by atoms with van der Waals surface area (Å²) in [5.74, 6) is 2.05. The Balaban J connectivity index is 1.75. The monoisotopic (exact) mass is 348 g/mol. The van der Waals surface area contributed by atoms with Crippen LogP contribution in [0.1, 0.15) is 22.8 Å². The van der Waals surface area contributed by atoms with Gasteiger partial charge in [0.1, 0.15) is 23.9 Å². The summed E-state index contributed by atoms with van der Waals surface area (Å²) in [4.78, 5) is 12.4. The Morgan fingerprint density at radius 1 is 1.23 bits per heavy atom. The van der Waals surface area contributed by atoms with Gasteiger partial charge < -0.3 is 14.2 Å². The smallest absolute Gasteiger partial charge is 0.231 e. The number of allylic oxidation sites excluding steroid dienone is 3. The van der Waals surface area contributed by atoms with E-state index in [4.69, 9.17) is 14.2 Å². The molecule has 0 aromatic heterocycles. The summed E-state index contributed by atoms with van der Waals surface area (Å²) >= 11 is 0. The number of fused-ring (bicyclic) bond motifs is 1. The van der Waals surface area contributed by atoms with Crippen LogP contribution >= 0.6 is 0 Å². The number of Topliss-reactive ketones (excluding diaryl/α,β-unsaturated/α-hetero) is 1. The van der Waals surface area contributed by atoms with Crippen LogP contribution in [0.3, 0.4) is 0 Å². The molecule has 0 atom stereocenters. The number of methoxy groups -OCH3 is 1. The first-order chi connectivity index (χ1) is 12.6. The molecule has 3 rings (SSSR count). The van der Waals surface area contributed by atoms with Gasteiger partial charge in [0.15, 0.2) is 5.76 Å². The number of hydrogen-bond donors (Lipinski definition) is 0. The van der Waals surface area contributed by atoms with Crippen molar-refractivity contribution in [2.45, 2.75) is 6.92 Å². The molecule has 4 heteroatoms. The van der Waals surface area contributed by atoms with Gasteiger partial charge in [0.05, 0.1) is 12.7 Å². The molecule has 2 aromatic rings. The first kappa shape index (κ1) is 17.5. The molecule has 26 heavy (non-hydrogen) atoms. The van der Waals surface area contributed by atoms with Crippen LogP contribution in [0.2, 0.25) is 0 Å². The third-order valence-corrected chi connectivity index (χ3v) is 3.79. The highest BCUT2D eigenvalue weighted by atomic mass is 16.5. The Labute approximate surface area is 153 Å². The number of hydrogen-bond acceptors (Lipinski definition) is 4. The average molecular weight is 348 g/mol. The number of para-hydroxylation sites is 1. The summed E-state index contributed by atoms with van der Waals surface area (Å²) in [6, 6.07) is 12.8. The zero-order chi connectivity index (χ0) is 18.5. The molecule has 0 spiro atoms. The number of benzene rings is 2. The van der Waals surface area contributed by atoms with Crippen LogP contribution in [-0.4, -0.2) is 19.5 Å². The Morgan fingerprint density at radius 3 is 2.81 bits per heavy atom. The summed E-state index contributed by atoms with van der Waals surface area (Å²) in [7, 11) is 1.62. The Morgan fingerprint density at radius 2 is 2.04 bits per heavy atom. The van der Waals surface area contributed by atoms with Crippen molar-refractivity contribution in [3.05, 3.63) is 83.7 Å². The number of carbonyl (C=O) groups excluding carboxylic acids is 1. The van der Waals surface area contributed by atoms with Crippen molar-refractivity contribution in [3.8, 4) is 17.2 Å². The van der Waals surface area contributed by atoms with Gasteiger partial charge in [0.2, 0.25) is 5.78 Å². The highest BCUT2D eigenvalue weighted by Crippen LogP contribution is 2.34. The summed E-state index contributed by atoms with van der Waals surface area (Å²) in [6.45, 7) is 6.12. The highest BCUT2D eigenvalue weighted by molar-refractivity contribution is 6.12. The maximum absolute atomic E-state index is 12.4. The molecule has 132 valence electrons. The number of rotatable bonds is 6. The highest BCUT2D eigenvalue weighted by Gasteiger charge is 2.27.